The fourth-order valence-electron chi connectivity index (χ4n) is 4.83. The number of nitrogens with one attached hydrogen (secondary N) is 1. The molecule has 0 unspecified atom stereocenters. The summed E-state index contributed by atoms with van der Waals surface area (Å²) in [7, 11) is -1.57. The summed E-state index contributed by atoms with van der Waals surface area (Å²) in [5.41, 5.74) is 1.58. The number of halogens is 1. The summed E-state index contributed by atoms with van der Waals surface area (Å²) in [6.07, 6.45) is 5.39. The fourth-order valence-corrected chi connectivity index (χ4v) is 5.89. The zero-order chi connectivity index (χ0) is 27.9. The normalized spacial score (nSPS) is 15.2. The van der Waals surface area contributed by atoms with Crippen LogP contribution in [0.3, 0.4) is 0 Å². The highest BCUT2D eigenvalue weighted by molar-refractivity contribution is 7.90. The van der Waals surface area contributed by atoms with Crippen molar-refractivity contribution in [2.24, 2.45) is 0 Å². The standard InChI is InChI=1S/C28H39FN4O4S/c1-5-25(28(35)30-23-14-7-6-8-15-23)32(19-22-13-11-12-21(2)18-22)27(34)20-33(38(36,37)31(3)4)26-17-10-9-16-24(26)29/h9-13,16-18,23,25H,5-8,14-15,19-20H2,1-4H3,(H,30,35)/t25-/m0/s1. The molecule has 0 saturated heterocycles. The summed E-state index contributed by atoms with van der Waals surface area (Å²) in [6, 6.07) is 12.3. The Bertz CT molecular complexity index is 1210. The van der Waals surface area contributed by atoms with Gasteiger partial charge in [0, 0.05) is 26.7 Å². The Hall–Kier alpha value is -2.98. The smallest absolute Gasteiger partial charge is 0.304 e. The average Bonchev–Trinajstić information content (AvgIpc) is 2.88. The Labute approximate surface area is 226 Å². The molecule has 0 heterocycles. The molecule has 0 aliphatic heterocycles. The van der Waals surface area contributed by atoms with Gasteiger partial charge in [-0.3, -0.25) is 9.59 Å². The number of aryl methyl sites for hydroxylation is 1. The van der Waals surface area contributed by atoms with Gasteiger partial charge >= 0.3 is 10.2 Å². The first-order valence-corrected chi connectivity index (χ1v) is 14.5. The van der Waals surface area contributed by atoms with E-state index in [0.29, 0.717) is 6.42 Å². The van der Waals surface area contributed by atoms with E-state index in [9.17, 15) is 22.4 Å². The van der Waals surface area contributed by atoms with Crippen LogP contribution in [0.5, 0.6) is 0 Å². The molecule has 10 heteroatoms. The van der Waals surface area contributed by atoms with Crippen LogP contribution >= 0.6 is 0 Å². The van der Waals surface area contributed by atoms with Crippen LogP contribution in [-0.2, 0) is 26.3 Å². The van der Waals surface area contributed by atoms with E-state index in [1.165, 1.54) is 37.2 Å². The maximum absolute atomic E-state index is 14.8. The second-order valence-corrected chi connectivity index (χ2v) is 12.1. The van der Waals surface area contributed by atoms with Gasteiger partial charge in [0.15, 0.2) is 0 Å². The van der Waals surface area contributed by atoms with Gasteiger partial charge in [0.05, 0.1) is 5.69 Å². The summed E-state index contributed by atoms with van der Waals surface area (Å²) >= 11 is 0. The van der Waals surface area contributed by atoms with Gasteiger partial charge < -0.3 is 10.2 Å². The lowest BCUT2D eigenvalue weighted by molar-refractivity contribution is -0.140. The lowest BCUT2D eigenvalue weighted by Crippen LogP contribution is -2.54. The van der Waals surface area contributed by atoms with Crippen molar-refractivity contribution in [1.82, 2.24) is 14.5 Å². The van der Waals surface area contributed by atoms with Crippen LogP contribution in [0.4, 0.5) is 10.1 Å². The maximum Gasteiger partial charge on any atom is 0.304 e. The number of hydrogen-bond donors (Lipinski definition) is 1. The number of para-hydroxylation sites is 1. The van der Waals surface area contributed by atoms with Crippen molar-refractivity contribution in [3.05, 3.63) is 65.5 Å². The van der Waals surface area contributed by atoms with Crippen LogP contribution < -0.4 is 9.62 Å². The van der Waals surface area contributed by atoms with Crippen LogP contribution in [0.25, 0.3) is 0 Å². The van der Waals surface area contributed by atoms with E-state index in [1.54, 1.807) is 0 Å². The third-order valence-electron chi connectivity index (χ3n) is 6.91. The number of hydrogen-bond acceptors (Lipinski definition) is 4. The molecule has 1 saturated carbocycles. The molecule has 8 nitrogen and oxygen atoms in total. The number of anilines is 1. The quantitative estimate of drug-likeness (QED) is 0.461. The van der Waals surface area contributed by atoms with Crippen molar-refractivity contribution in [2.75, 3.05) is 24.9 Å². The number of nitrogens with zero attached hydrogens (tertiary/aromatic N) is 3. The summed E-state index contributed by atoms with van der Waals surface area (Å²) in [6.45, 7) is 3.23. The van der Waals surface area contributed by atoms with E-state index in [-0.39, 0.29) is 24.2 Å². The summed E-state index contributed by atoms with van der Waals surface area (Å²) in [4.78, 5) is 28.8. The summed E-state index contributed by atoms with van der Waals surface area (Å²) in [5, 5.41) is 3.11. The molecule has 1 atom stereocenters. The van der Waals surface area contributed by atoms with Gasteiger partial charge in [-0.2, -0.15) is 12.7 Å². The molecule has 2 aromatic rings. The lowest BCUT2D eigenvalue weighted by Gasteiger charge is -2.35. The van der Waals surface area contributed by atoms with E-state index < -0.39 is 34.5 Å². The highest BCUT2D eigenvalue weighted by atomic mass is 32.2. The van der Waals surface area contributed by atoms with Crippen molar-refractivity contribution in [3.63, 3.8) is 0 Å². The number of rotatable bonds is 11. The third-order valence-corrected chi connectivity index (χ3v) is 8.72. The minimum Gasteiger partial charge on any atom is -0.352 e. The predicted octanol–water partition coefficient (Wildman–Crippen LogP) is 4.00. The first-order chi connectivity index (χ1) is 18.0. The molecule has 2 aromatic carbocycles. The van der Waals surface area contributed by atoms with Gasteiger partial charge in [-0.05, 0) is 43.9 Å². The molecule has 1 fully saturated rings. The van der Waals surface area contributed by atoms with E-state index in [1.807, 2.05) is 38.1 Å². The predicted molar refractivity (Wildman–Crippen MR) is 147 cm³/mol. The van der Waals surface area contributed by atoms with Gasteiger partial charge in [0.1, 0.15) is 18.4 Å². The first-order valence-electron chi connectivity index (χ1n) is 13.1. The summed E-state index contributed by atoms with van der Waals surface area (Å²) in [5.74, 6) is -1.61. The van der Waals surface area contributed by atoms with Crippen LogP contribution in [-0.4, -0.2) is 62.2 Å². The number of carbonyl (C=O) groups excluding carboxylic acids is 2. The van der Waals surface area contributed by atoms with Gasteiger partial charge in [0.2, 0.25) is 11.8 Å². The average molecular weight is 547 g/mol. The third kappa shape index (κ3) is 7.32. The number of carbonyl (C=O) groups is 2. The lowest BCUT2D eigenvalue weighted by atomic mass is 9.95. The largest absolute Gasteiger partial charge is 0.352 e. The van der Waals surface area contributed by atoms with Crippen molar-refractivity contribution in [2.45, 2.75) is 71.0 Å². The van der Waals surface area contributed by atoms with E-state index in [2.05, 4.69) is 5.32 Å². The minimum absolute atomic E-state index is 0.0604. The van der Waals surface area contributed by atoms with Crippen LogP contribution in [0, 0.1) is 12.7 Å². The van der Waals surface area contributed by atoms with Gasteiger partial charge in [0.25, 0.3) is 0 Å². The van der Waals surface area contributed by atoms with E-state index in [4.69, 9.17) is 0 Å². The molecular weight excluding hydrogens is 507 g/mol. The van der Waals surface area contributed by atoms with Crippen LogP contribution in [0.2, 0.25) is 0 Å². The molecule has 208 valence electrons. The molecule has 0 radical (unpaired) electrons. The first kappa shape index (κ1) is 29.6. The highest BCUT2D eigenvalue weighted by Gasteiger charge is 2.35. The van der Waals surface area contributed by atoms with Crippen LogP contribution in [0.1, 0.15) is 56.6 Å². The van der Waals surface area contributed by atoms with Gasteiger partial charge in [-0.15, -0.1) is 0 Å². The second kappa shape index (κ2) is 13.2. The highest BCUT2D eigenvalue weighted by Crippen LogP contribution is 2.24. The zero-order valence-corrected chi connectivity index (χ0v) is 23.5. The van der Waals surface area contributed by atoms with Gasteiger partial charge in [-0.25, -0.2) is 8.70 Å². The molecular formula is C28H39FN4O4S. The molecule has 2 amide bonds. The Morgan fingerprint density at radius 2 is 1.74 bits per heavy atom. The van der Waals surface area contributed by atoms with Crippen molar-refractivity contribution in [3.8, 4) is 0 Å². The van der Waals surface area contributed by atoms with E-state index >= 15 is 0 Å². The number of amides is 2. The molecule has 1 aliphatic carbocycles. The molecule has 38 heavy (non-hydrogen) atoms. The van der Waals surface area contributed by atoms with E-state index in [0.717, 1.165) is 57.9 Å². The Morgan fingerprint density at radius 3 is 2.34 bits per heavy atom. The fraction of sp³-hybridized carbons (Fsp3) is 0.500. The SMILES string of the molecule is CC[C@@H](C(=O)NC1CCCCC1)N(Cc1cccc(C)c1)C(=O)CN(c1ccccc1F)S(=O)(=O)N(C)C. The second-order valence-electron chi connectivity index (χ2n) is 10.0. The maximum atomic E-state index is 14.8. The van der Waals surface area contributed by atoms with Crippen LogP contribution in [0.15, 0.2) is 48.5 Å². The monoisotopic (exact) mass is 546 g/mol. The Kier molecular flexibility index (Phi) is 10.3. The van der Waals surface area contributed by atoms with Crippen molar-refractivity contribution in [1.29, 1.82) is 0 Å². The molecule has 0 bridgehead atoms. The summed E-state index contributed by atoms with van der Waals surface area (Å²) < 4.78 is 42.9. The van der Waals surface area contributed by atoms with Crippen molar-refractivity contribution < 1.29 is 22.4 Å². The Morgan fingerprint density at radius 1 is 1.05 bits per heavy atom. The zero-order valence-electron chi connectivity index (χ0n) is 22.7. The number of benzene rings is 2. The molecule has 1 aliphatic rings. The minimum atomic E-state index is -4.22. The van der Waals surface area contributed by atoms with Gasteiger partial charge in [-0.1, -0.05) is 68.1 Å². The molecule has 0 spiro atoms. The Balaban J connectivity index is 1.97. The topological polar surface area (TPSA) is 90.0 Å². The molecule has 3 rings (SSSR count). The molecule has 0 aromatic heterocycles. The van der Waals surface area contributed by atoms with Crippen molar-refractivity contribution >= 4 is 27.7 Å². The molecule has 1 N–H and O–H groups in total.